The average molecular weight is 226 g/mol. The first-order valence-electron chi connectivity index (χ1n) is 4.07. The van der Waals surface area contributed by atoms with Crippen LogP contribution in [0, 0.1) is 0 Å². The molecule has 0 spiro atoms. The molecule has 0 fully saturated rings. The molecule has 0 saturated carbocycles. The summed E-state index contributed by atoms with van der Waals surface area (Å²) in [6.07, 6.45) is 1.77. The smallest absolute Gasteiger partial charge is 0.225 e. The molecule has 0 aliphatic carbocycles. The Morgan fingerprint density at radius 2 is 2.43 bits per heavy atom. The predicted molar refractivity (Wildman–Crippen MR) is 61.1 cm³/mol. The van der Waals surface area contributed by atoms with Gasteiger partial charge in [-0.1, -0.05) is 6.08 Å². The van der Waals surface area contributed by atoms with E-state index in [2.05, 4.69) is 21.9 Å². The standard InChI is InChI=1S/C9H8ClN3S/c1-2-4-11-7-6-3-5-14-8(6)13-9(10)12-7/h2-3,5H,1,4H2,(H,11,12,13). The fourth-order valence-corrected chi connectivity index (χ4v) is 2.12. The zero-order valence-corrected chi connectivity index (χ0v) is 8.90. The van der Waals surface area contributed by atoms with Gasteiger partial charge in [0.15, 0.2) is 0 Å². The van der Waals surface area contributed by atoms with Crippen molar-refractivity contribution < 1.29 is 0 Å². The Balaban J connectivity index is 2.49. The number of aromatic nitrogens is 2. The minimum Gasteiger partial charge on any atom is -0.366 e. The van der Waals surface area contributed by atoms with Crippen molar-refractivity contribution in [3.8, 4) is 0 Å². The number of hydrogen-bond acceptors (Lipinski definition) is 4. The van der Waals surface area contributed by atoms with E-state index in [4.69, 9.17) is 11.6 Å². The van der Waals surface area contributed by atoms with Crippen molar-refractivity contribution in [3.63, 3.8) is 0 Å². The molecule has 0 radical (unpaired) electrons. The van der Waals surface area contributed by atoms with Crippen LogP contribution in [0.2, 0.25) is 5.28 Å². The summed E-state index contributed by atoms with van der Waals surface area (Å²) < 4.78 is 0. The number of halogens is 1. The van der Waals surface area contributed by atoms with Gasteiger partial charge in [0, 0.05) is 6.54 Å². The highest BCUT2D eigenvalue weighted by Crippen LogP contribution is 2.25. The van der Waals surface area contributed by atoms with Crippen molar-refractivity contribution >= 4 is 39.0 Å². The third-order valence-electron chi connectivity index (χ3n) is 1.71. The molecule has 0 unspecified atom stereocenters. The Hall–Kier alpha value is -1.13. The first kappa shape index (κ1) is 9.43. The summed E-state index contributed by atoms with van der Waals surface area (Å²) in [4.78, 5) is 9.12. The molecule has 0 atom stereocenters. The molecule has 0 amide bonds. The Labute approximate surface area is 90.5 Å². The minimum absolute atomic E-state index is 0.270. The Morgan fingerprint density at radius 1 is 1.57 bits per heavy atom. The Bertz CT molecular complexity index is 466. The second-order valence-electron chi connectivity index (χ2n) is 2.65. The monoisotopic (exact) mass is 225 g/mol. The summed E-state index contributed by atoms with van der Waals surface area (Å²) in [7, 11) is 0. The molecule has 1 N–H and O–H groups in total. The molecular weight excluding hydrogens is 218 g/mol. The van der Waals surface area contributed by atoms with Crippen LogP contribution in [-0.4, -0.2) is 16.5 Å². The second kappa shape index (κ2) is 3.94. The van der Waals surface area contributed by atoms with Gasteiger partial charge in [0.1, 0.15) is 10.6 Å². The summed E-state index contributed by atoms with van der Waals surface area (Å²) in [5.74, 6) is 0.765. The van der Waals surface area contributed by atoms with Crippen LogP contribution in [0.25, 0.3) is 10.2 Å². The van der Waals surface area contributed by atoms with Gasteiger partial charge in [-0.25, -0.2) is 9.97 Å². The Kier molecular flexibility index (Phi) is 2.65. The van der Waals surface area contributed by atoms with E-state index >= 15 is 0 Å². The van der Waals surface area contributed by atoms with Crippen LogP contribution in [0.1, 0.15) is 0 Å². The highest BCUT2D eigenvalue weighted by molar-refractivity contribution is 7.16. The number of anilines is 1. The third-order valence-corrected chi connectivity index (χ3v) is 2.69. The molecule has 2 rings (SSSR count). The fraction of sp³-hybridized carbons (Fsp3) is 0.111. The van der Waals surface area contributed by atoms with Crippen LogP contribution in [-0.2, 0) is 0 Å². The number of nitrogens with one attached hydrogen (secondary N) is 1. The van der Waals surface area contributed by atoms with Crippen LogP contribution >= 0.6 is 22.9 Å². The first-order valence-corrected chi connectivity index (χ1v) is 5.32. The Morgan fingerprint density at radius 3 is 3.21 bits per heavy atom. The largest absolute Gasteiger partial charge is 0.366 e. The molecule has 2 aromatic rings. The average Bonchev–Trinajstić information content (AvgIpc) is 2.61. The molecule has 0 aromatic carbocycles. The molecule has 0 aliphatic rings. The first-order chi connectivity index (χ1) is 6.81. The summed E-state index contributed by atoms with van der Waals surface area (Å²) >= 11 is 7.33. The van der Waals surface area contributed by atoms with Crippen LogP contribution in [0.3, 0.4) is 0 Å². The van der Waals surface area contributed by atoms with Crippen molar-refractivity contribution in [2.45, 2.75) is 0 Å². The van der Waals surface area contributed by atoms with E-state index in [1.165, 1.54) is 0 Å². The molecule has 0 aliphatic heterocycles. The summed E-state index contributed by atoms with van der Waals surface area (Å²) in [6.45, 7) is 4.29. The second-order valence-corrected chi connectivity index (χ2v) is 3.88. The van der Waals surface area contributed by atoms with Gasteiger partial charge in [0.05, 0.1) is 5.39 Å². The maximum atomic E-state index is 5.78. The fourth-order valence-electron chi connectivity index (χ4n) is 1.13. The lowest BCUT2D eigenvalue weighted by molar-refractivity contribution is 1.19. The van der Waals surface area contributed by atoms with Crippen LogP contribution in [0.15, 0.2) is 24.1 Å². The van der Waals surface area contributed by atoms with Crippen molar-refractivity contribution in [3.05, 3.63) is 29.4 Å². The highest BCUT2D eigenvalue weighted by Gasteiger charge is 2.06. The van der Waals surface area contributed by atoms with E-state index in [-0.39, 0.29) is 5.28 Å². The zero-order valence-electron chi connectivity index (χ0n) is 7.33. The van der Waals surface area contributed by atoms with E-state index in [1.807, 2.05) is 11.4 Å². The van der Waals surface area contributed by atoms with Gasteiger partial charge in [-0.2, -0.15) is 0 Å². The third kappa shape index (κ3) is 1.71. The summed E-state index contributed by atoms with van der Waals surface area (Å²) in [6, 6.07) is 1.97. The van der Waals surface area contributed by atoms with Crippen molar-refractivity contribution in [1.82, 2.24) is 9.97 Å². The van der Waals surface area contributed by atoms with Gasteiger partial charge in [0.2, 0.25) is 5.28 Å². The van der Waals surface area contributed by atoms with Gasteiger partial charge >= 0.3 is 0 Å². The van der Waals surface area contributed by atoms with Crippen LogP contribution < -0.4 is 5.32 Å². The molecule has 2 heterocycles. The van der Waals surface area contributed by atoms with E-state index in [0.717, 1.165) is 16.0 Å². The number of fused-ring (bicyclic) bond motifs is 1. The van der Waals surface area contributed by atoms with Gasteiger partial charge < -0.3 is 5.32 Å². The van der Waals surface area contributed by atoms with Crippen molar-refractivity contribution in [2.75, 3.05) is 11.9 Å². The van der Waals surface area contributed by atoms with E-state index < -0.39 is 0 Å². The van der Waals surface area contributed by atoms with Crippen molar-refractivity contribution in [2.24, 2.45) is 0 Å². The van der Waals surface area contributed by atoms with Gasteiger partial charge in [-0.3, -0.25) is 0 Å². The number of hydrogen-bond donors (Lipinski definition) is 1. The van der Waals surface area contributed by atoms with Crippen LogP contribution in [0.5, 0.6) is 0 Å². The normalized spacial score (nSPS) is 10.4. The lowest BCUT2D eigenvalue weighted by Crippen LogP contribution is -2.01. The lowest BCUT2D eigenvalue weighted by Gasteiger charge is -2.03. The molecule has 0 bridgehead atoms. The molecule has 72 valence electrons. The predicted octanol–water partition coefficient (Wildman–Crippen LogP) is 2.94. The summed E-state index contributed by atoms with van der Waals surface area (Å²) in [5.41, 5.74) is 0. The maximum Gasteiger partial charge on any atom is 0.225 e. The number of thiophene rings is 1. The van der Waals surface area contributed by atoms with E-state index in [0.29, 0.717) is 6.54 Å². The minimum atomic E-state index is 0.270. The van der Waals surface area contributed by atoms with Crippen LogP contribution in [0.4, 0.5) is 5.82 Å². The van der Waals surface area contributed by atoms with E-state index in [1.54, 1.807) is 17.4 Å². The number of rotatable bonds is 3. The molecule has 2 aromatic heterocycles. The molecule has 5 heteroatoms. The van der Waals surface area contributed by atoms with Gasteiger partial charge in [0.25, 0.3) is 0 Å². The van der Waals surface area contributed by atoms with Crippen molar-refractivity contribution in [1.29, 1.82) is 0 Å². The topological polar surface area (TPSA) is 37.8 Å². The molecule has 14 heavy (non-hydrogen) atoms. The quantitative estimate of drug-likeness (QED) is 0.645. The molecule has 3 nitrogen and oxygen atoms in total. The van der Waals surface area contributed by atoms with E-state index in [9.17, 15) is 0 Å². The lowest BCUT2D eigenvalue weighted by atomic mass is 10.4. The number of nitrogens with zero attached hydrogens (tertiary/aromatic N) is 2. The zero-order chi connectivity index (χ0) is 9.97. The van der Waals surface area contributed by atoms with Gasteiger partial charge in [-0.05, 0) is 23.0 Å². The molecule has 0 saturated heterocycles. The SMILES string of the molecule is C=CCNc1nc(Cl)nc2sccc12. The highest BCUT2D eigenvalue weighted by atomic mass is 35.5. The van der Waals surface area contributed by atoms with Gasteiger partial charge in [-0.15, -0.1) is 17.9 Å². The summed E-state index contributed by atoms with van der Waals surface area (Å²) in [5, 5.41) is 6.36. The maximum absolute atomic E-state index is 5.78. The molecular formula is C9H8ClN3S.